The van der Waals surface area contributed by atoms with Crippen molar-refractivity contribution in [3.63, 3.8) is 0 Å². The van der Waals surface area contributed by atoms with Gasteiger partial charge in [-0.25, -0.2) is 18.5 Å². The summed E-state index contributed by atoms with van der Waals surface area (Å²) in [6.07, 6.45) is 1.62. The number of rotatable bonds is 9. The maximum atomic E-state index is 11.9. The minimum absolute atomic E-state index is 0.0281. The molecule has 176 valence electrons. The molecule has 0 bridgehead atoms. The van der Waals surface area contributed by atoms with E-state index in [0.717, 1.165) is 15.4 Å². The molecule has 5 N–H and O–H groups in total. The highest BCUT2D eigenvalue weighted by Crippen LogP contribution is 2.22. The number of sulfonamides is 1. The van der Waals surface area contributed by atoms with Gasteiger partial charge in [-0.05, 0) is 42.8 Å². The Kier molecular flexibility index (Phi) is 7.29. The van der Waals surface area contributed by atoms with E-state index < -0.39 is 20.2 Å². The molecule has 11 nitrogen and oxygen atoms in total. The summed E-state index contributed by atoms with van der Waals surface area (Å²) in [4.78, 5) is 8.67. The predicted molar refractivity (Wildman–Crippen MR) is 127 cm³/mol. The Morgan fingerprint density at radius 2 is 1.64 bits per heavy atom. The van der Waals surface area contributed by atoms with Gasteiger partial charge in [0.15, 0.2) is 0 Å². The van der Waals surface area contributed by atoms with Gasteiger partial charge in [0.05, 0.1) is 4.90 Å². The Labute approximate surface area is 193 Å². The molecule has 0 amide bonds. The molecule has 0 saturated heterocycles. The van der Waals surface area contributed by atoms with Gasteiger partial charge in [-0.2, -0.15) is 22.4 Å². The Balaban J connectivity index is 1.77. The first-order valence-corrected chi connectivity index (χ1v) is 12.7. The van der Waals surface area contributed by atoms with Crippen LogP contribution in [0, 0.1) is 6.92 Å². The first-order valence-electron chi connectivity index (χ1n) is 9.71. The fraction of sp³-hybridized carbons (Fsp3) is 0.200. The Hall–Kier alpha value is -3.10. The highest BCUT2D eigenvalue weighted by Gasteiger charge is 2.13. The molecule has 3 aromatic rings. The second kappa shape index (κ2) is 9.80. The minimum Gasteiger partial charge on any atom is -0.340 e. The fourth-order valence-corrected chi connectivity index (χ4v) is 3.87. The van der Waals surface area contributed by atoms with Crippen LogP contribution in [-0.2, 0) is 26.8 Å². The molecule has 0 atom stereocenters. The first-order chi connectivity index (χ1) is 15.4. The van der Waals surface area contributed by atoms with Gasteiger partial charge in [-0.15, -0.1) is 0 Å². The lowest BCUT2D eigenvalue weighted by atomic mass is 10.2. The molecule has 0 spiro atoms. The van der Waals surface area contributed by atoms with Gasteiger partial charge >= 0.3 is 0 Å². The Bertz CT molecular complexity index is 1360. The average Bonchev–Trinajstić information content (AvgIpc) is 2.74. The second-order valence-corrected chi connectivity index (χ2v) is 10.9. The maximum absolute atomic E-state index is 11.9. The molecule has 33 heavy (non-hydrogen) atoms. The van der Waals surface area contributed by atoms with Gasteiger partial charge in [0, 0.05) is 43.8 Å². The second-order valence-electron chi connectivity index (χ2n) is 7.36. The summed E-state index contributed by atoms with van der Waals surface area (Å²) in [6.45, 7) is 1.97. The number of nitrogens with one attached hydrogen (secondary N) is 3. The van der Waals surface area contributed by atoms with E-state index in [1.54, 1.807) is 24.4 Å². The number of hydrogen-bond donors (Lipinski definition) is 4. The monoisotopic (exact) mass is 491 g/mol. The molecule has 0 radical (unpaired) electrons. The molecular formula is C20H25N7O4S2. The lowest BCUT2D eigenvalue weighted by Gasteiger charge is -2.14. The van der Waals surface area contributed by atoms with Crippen molar-refractivity contribution in [3.8, 4) is 0 Å². The number of nitrogens with two attached hydrogens (primary N) is 1. The number of anilines is 4. The SMILES string of the molecule is Cc1cnc(Nc2cccc(S(N)(=O)=O)c2)nc1Nc1cccc(CNS(=O)(=O)N(C)C)c1. The largest absolute Gasteiger partial charge is 0.340 e. The van der Waals surface area contributed by atoms with Crippen LogP contribution in [0.2, 0.25) is 0 Å². The van der Waals surface area contributed by atoms with E-state index in [1.165, 1.54) is 26.2 Å². The number of aromatic nitrogens is 2. The van der Waals surface area contributed by atoms with Crippen LogP contribution in [-0.4, -0.2) is 45.2 Å². The van der Waals surface area contributed by atoms with Crippen LogP contribution in [0.25, 0.3) is 0 Å². The van der Waals surface area contributed by atoms with E-state index in [1.807, 2.05) is 25.1 Å². The van der Waals surface area contributed by atoms with Crippen molar-refractivity contribution in [2.24, 2.45) is 5.14 Å². The third-order valence-corrected chi connectivity index (χ3v) is 6.90. The van der Waals surface area contributed by atoms with Gasteiger partial charge in [0.1, 0.15) is 5.82 Å². The van der Waals surface area contributed by atoms with Crippen molar-refractivity contribution in [2.45, 2.75) is 18.4 Å². The number of hydrogen-bond acceptors (Lipinski definition) is 8. The van der Waals surface area contributed by atoms with E-state index >= 15 is 0 Å². The molecule has 0 fully saturated rings. The summed E-state index contributed by atoms with van der Waals surface area (Å²) >= 11 is 0. The van der Waals surface area contributed by atoms with Crippen LogP contribution in [0.15, 0.2) is 59.6 Å². The zero-order valence-electron chi connectivity index (χ0n) is 18.3. The maximum Gasteiger partial charge on any atom is 0.279 e. The molecule has 3 rings (SSSR count). The third kappa shape index (κ3) is 6.69. The predicted octanol–water partition coefficient (Wildman–Crippen LogP) is 1.82. The molecule has 1 heterocycles. The van der Waals surface area contributed by atoms with Gasteiger partial charge < -0.3 is 10.6 Å². The van der Waals surface area contributed by atoms with E-state index in [2.05, 4.69) is 25.3 Å². The van der Waals surface area contributed by atoms with Gasteiger partial charge in [-0.1, -0.05) is 18.2 Å². The summed E-state index contributed by atoms with van der Waals surface area (Å²) in [7, 11) is -4.46. The Morgan fingerprint density at radius 1 is 0.970 bits per heavy atom. The van der Waals surface area contributed by atoms with Crippen LogP contribution < -0.4 is 20.5 Å². The van der Waals surface area contributed by atoms with E-state index in [0.29, 0.717) is 17.2 Å². The van der Waals surface area contributed by atoms with E-state index in [4.69, 9.17) is 5.14 Å². The first kappa shape index (κ1) is 24.5. The highest BCUT2D eigenvalue weighted by molar-refractivity contribution is 7.89. The zero-order chi connectivity index (χ0) is 24.2. The molecule has 0 aliphatic carbocycles. The normalized spacial score (nSPS) is 12.0. The minimum atomic E-state index is -3.83. The Morgan fingerprint density at radius 3 is 2.30 bits per heavy atom. The zero-order valence-corrected chi connectivity index (χ0v) is 19.9. The number of nitrogens with zero attached hydrogens (tertiary/aromatic N) is 3. The van der Waals surface area contributed by atoms with Crippen molar-refractivity contribution in [1.82, 2.24) is 19.0 Å². The summed E-state index contributed by atoms with van der Waals surface area (Å²) in [5, 5.41) is 11.3. The number of aryl methyl sites for hydroxylation is 1. The number of primary sulfonamides is 1. The quantitative estimate of drug-likeness (QED) is 0.353. The van der Waals surface area contributed by atoms with E-state index in [-0.39, 0.29) is 17.4 Å². The van der Waals surface area contributed by atoms with Crippen molar-refractivity contribution < 1.29 is 16.8 Å². The van der Waals surface area contributed by atoms with Crippen LogP contribution in [0.5, 0.6) is 0 Å². The van der Waals surface area contributed by atoms with Gasteiger partial charge in [0.25, 0.3) is 10.2 Å². The standard InChI is InChI=1S/C20H25N7O4S2/c1-14-12-22-20(25-17-8-5-9-18(11-17)32(21,28)29)26-19(14)24-16-7-4-6-15(10-16)13-23-33(30,31)27(2)3/h4-12,23H,13H2,1-3H3,(H2,21,28,29)(H2,22,24,25,26). The molecule has 0 unspecified atom stereocenters. The molecule has 0 saturated carbocycles. The van der Waals surface area contributed by atoms with Crippen molar-refractivity contribution in [1.29, 1.82) is 0 Å². The van der Waals surface area contributed by atoms with Crippen LogP contribution in [0.1, 0.15) is 11.1 Å². The lowest BCUT2D eigenvalue weighted by molar-refractivity contribution is 0.505. The van der Waals surface area contributed by atoms with Gasteiger partial charge in [0.2, 0.25) is 16.0 Å². The van der Waals surface area contributed by atoms with Crippen LogP contribution >= 0.6 is 0 Å². The summed E-state index contributed by atoms with van der Waals surface area (Å²) in [5.74, 6) is 0.783. The lowest BCUT2D eigenvalue weighted by Crippen LogP contribution is -2.35. The third-order valence-electron chi connectivity index (χ3n) is 4.52. The van der Waals surface area contributed by atoms with Crippen molar-refractivity contribution in [2.75, 3.05) is 24.7 Å². The highest BCUT2D eigenvalue weighted by atomic mass is 32.2. The average molecular weight is 492 g/mol. The van der Waals surface area contributed by atoms with Crippen LogP contribution in [0.3, 0.4) is 0 Å². The van der Waals surface area contributed by atoms with Crippen LogP contribution in [0.4, 0.5) is 23.1 Å². The fourth-order valence-electron chi connectivity index (χ4n) is 2.71. The molecule has 0 aliphatic rings. The molecule has 2 aromatic carbocycles. The summed E-state index contributed by atoms with van der Waals surface area (Å²) in [6, 6.07) is 13.3. The molecular weight excluding hydrogens is 466 g/mol. The van der Waals surface area contributed by atoms with Crippen molar-refractivity contribution >= 4 is 43.4 Å². The smallest absolute Gasteiger partial charge is 0.279 e. The summed E-state index contributed by atoms with van der Waals surface area (Å²) in [5.41, 5.74) is 2.71. The molecule has 1 aromatic heterocycles. The van der Waals surface area contributed by atoms with Gasteiger partial charge in [-0.3, -0.25) is 0 Å². The summed E-state index contributed by atoms with van der Waals surface area (Å²) < 4.78 is 50.6. The molecule has 13 heteroatoms. The molecule has 0 aliphatic heterocycles. The topological polar surface area (TPSA) is 159 Å². The number of benzene rings is 2. The van der Waals surface area contributed by atoms with E-state index in [9.17, 15) is 16.8 Å². The van der Waals surface area contributed by atoms with Crippen molar-refractivity contribution in [3.05, 3.63) is 65.9 Å².